The van der Waals surface area contributed by atoms with E-state index in [9.17, 15) is 0 Å². The normalized spacial score (nSPS) is 15.7. The quantitative estimate of drug-likeness (QED) is 0.809. The van der Waals surface area contributed by atoms with Crippen molar-refractivity contribution in [3.8, 4) is 0 Å². The van der Waals surface area contributed by atoms with Crippen molar-refractivity contribution in [2.45, 2.75) is 45.1 Å². The highest BCUT2D eigenvalue weighted by atomic mass is 16.5. The van der Waals surface area contributed by atoms with E-state index in [1.165, 1.54) is 12.8 Å². The van der Waals surface area contributed by atoms with Crippen LogP contribution in [-0.2, 0) is 4.74 Å². The van der Waals surface area contributed by atoms with Crippen LogP contribution in [0.2, 0.25) is 0 Å². The van der Waals surface area contributed by atoms with E-state index in [4.69, 9.17) is 10.5 Å². The summed E-state index contributed by atoms with van der Waals surface area (Å²) in [6, 6.07) is 1.77. The van der Waals surface area contributed by atoms with Gasteiger partial charge in [0.25, 0.3) is 0 Å². The predicted molar refractivity (Wildman–Crippen MR) is 72.6 cm³/mol. The average molecular weight is 250 g/mol. The Morgan fingerprint density at radius 1 is 1.44 bits per heavy atom. The van der Waals surface area contributed by atoms with Crippen LogP contribution in [0, 0.1) is 0 Å². The van der Waals surface area contributed by atoms with E-state index in [0.29, 0.717) is 24.9 Å². The van der Waals surface area contributed by atoms with E-state index in [0.717, 1.165) is 11.6 Å². The Hall–Kier alpha value is -1.36. The van der Waals surface area contributed by atoms with Gasteiger partial charge < -0.3 is 15.8 Å². The Bertz CT molecular complexity index is 415. The van der Waals surface area contributed by atoms with Crippen LogP contribution in [0.1, 0.15) is 45.4 Å². The fourth-order valence-corrected chi connectivity index (χ4v) is 1.85. The van der Waals surface area contributed by atoms with Crippen LogP contribution in [0.4, 0.5) is 11.6 Å². The summed E-state index contributed by atoms with van der Waals surface area (Å²) in [7, 11) is 0. The van der Waals surface area contributed by atoms with Crippen LogP contribution in [-0.4, -0.2) is 28.7 Å². The van der Waals surface area contributed by atoms with Gasteiger partial charge in [0.2, 0.25) is 0 Å². The fourth-order valence-electron chi connectivity index (χ4n) is 1.85. The third-order valence-electron chi connectivity index (χ3n) is 2.94. The minimum absolute atomic E-state index is 0.214. The lowest BCUT2D eigenvalue weighted by molar-refractivity contribution is 0.000638. The maximum atomic E-state index is 5.80. The smallest absolute Gasteiger partial charge is 0.136 e. The second-order valence-electron chi connectivity index (χ2n) is 5.36. The van der Waals surface area contributed by atoms with Crippen LogP contribution in [0.5, 0.6) is 0 Å². The highest BCUT2D eigenvalue weighted by molar-refractivity contribution is 5.45. The van der Waals surface area contributed by atoms with Gasteiger partial charge in [0.05, 0.1) is 5.60 Å². The molecule has 1 aromatic heterocycles. The monoisotopic (exact) mass is 250 g/mol. The van der Waals surface area contributed by atoms with E-state index in [2.05, 4.69) is 29.1 Å². The summed E-state index contributed by atoms with van der Waals surface area (Å²) in [5.74, 6) is 2.70. The zero-order valence-electron chi connectivity index (χ0n) is 11.4. The SMILES string of the molecule is CCOC(C)(C)CNc1cc(N)nc(C2CC2)n1. The predicted octanol–water partition coefficient (Wildman–Crippen LogP) is 2.16. The van der Waals surface area contributed by atoms with Gasteiger partial charge in [-0.05, 0) is 33.6 Å². The molecule has 5 nitrogen and oxygen atoms in total. The van der Waals surface area contributed by atoms with Crippen molar-refractivity contribution in [1.29, 1.82) is 0 Å². The second-order valence-corrected chi connectivity index (χ2v) is 5.36. The second kappa shape index (κ2) is 5.10. The van der Waals surface area contributed by atoms with E-state index in [1.54, 1.807) is 6.07 Å². The van der Waals surface area contributed by atoms with Gasteiger partial charge in [0.1, 0.15) is 17.5 Å². The standard InChI is InChI=1S/C13H22N4O/c1-4-18-13(2,3)8-15-11-7-10(14)16-12(17-11)9-5-6-9/h7,9H,4-6,8H2,1-3H3,(H3,14,15,16,17). The summed E-state index contributed by atoms with van der Waals surface area (Å²) < 4.78 is 5.63. The molecular formula is C13H22N4O. The molecule has 18 heavy (non-hydrogen) atoms. The zero-order valence-corrected chi connectivity index (χ0v) is 11.4. The Labute approximate surface area is 108 Å². The number of hydrogen-bond acceptors (Lipinski definition) is 5. The number of nitrogen functional groups attached to an aromatic ring is 1. The molecule has 1 saturated carbocycles. The van der Waals surface area contributed by atoms with E-state index < -0.39 is 0 Å². The van der Waals surface area contributed by atoms with E-state index >= 15 is 0 Å². The molecule has 100 valence electrons. The molecule has 3 N–H and O–H groups in total. The maximum Gasteiger partial charge on any atom is 0.136 e. The van der Waals surface area contributed by atoms with Gasteiger partial charge >= 0.3 is 0 Å². The molecule has 2 rings (SSSR count). The molecule has 0 aliphatic heterocycles. The molecule has 1 fully saturated rings. The first-order valence-electron chi connectivity index (χ1n) is 6.52. The van der Waals surface area contributed by atoms with Gasteiger partial charge in [-0.2, -0.15) is 0 Å². The molecule has 1 heterocycles. The summed E-state index contributed by atoms with van der Waals surface area (Å²) in [6.07, 6.45) is 2.35. The van der Waals surface area contributed by atoms with E-state index in [-0.39, 0.29) is 5.60 Å². The zero-order chi connectivity index (χ0) is 13.2. The summed E-state index contributed by atoms with van der Waals surface area (Å²) in [4.78, 5) is 8.77. The Kier molecular flexibility index (Phi) is 3.71. The number of nitrogens with zero attached hydrogens (tertiary/aromatic N) is 2. The van der Waals surface area contributed by atoms with Gasteiger partial charge in [-0.1, -0.05) is 0 Å². The first-order valence-corrected chi connectivity index (χ1v) is 6.52. The fraction of sp³-hybridized carbons (Fsp3) is 0.692. The first kappa shape index (κ1) is 13.1. The molecule has 0 atom stereocenters. The number of ether oxygens (including phenoxy) is 1. The highest BCUT2D eigenvalue weighted by Gasteiger charge is 2.27. The number of rotatable bonds is 6. The Balaban J connectivity index is 2.00. The lowest BCUT2D eigenvalue weighted by atomic mass is 10.1. The summed E-state index contributed by atoms with van der Waals surface area (Å²) in [5.41, 5.74) is 5.59. The molecule has 0 bridgehead atoms. The number of anilines is 2. The van der Waals surface area contributed by atoms with Gasteiger partial charge in [0.15, 0.2) is 0 Å². The summed E-state index contributed by atoms with van der Waals surface area (Å²) in [6.45, 7) is 7.50. The molecule has 1 aromatic rings. The van der Waals surface area contributed by atoms with Crippen molar-refractivity contribution in [3.05, 3.63) is 11.9 Å². The minimum Gasteiger partial charge on any atom is -0.384 e. The van der Waals surface area contributed by atoms with Crippen LogP contribution in [0.15, 0.2) is 6.07 Å². The average Bonchev–Trinajstić information content (AvgIpc) is 3.09. The largest absolute Gasteiger partial charge is 0.384 e. The van der Waals surface area contributed by atoms with Crippen molar-refractivity contribution >= 4 is 11.6 Å². The van der Waals surface area contributed by atoms with Gasteiger partial charge in [-0.3, -0.25) is 0 Å². The molecular weight excluding hydrogens is 228 g/mol. The third-order valence-corrected chi connectivity index (χ3v) is 2.94. The summed E-state index contributed by atoms with van der Waals surface area (Å²) in [5, 5.41) is 3.28. The van der Waals surface area contributed by atoms with Crippen molar-refractivity contribution < 1.29 is 4.74 Å². The molecule has 1 aliphatic rings. The van der Waals surface area contributed by atoms with Crippen molar-refractivity contribution in [3.63, 3.8) is 0 Å². The molecule has 0 amide bonds. The number of nitrogens with two attached hydrogens (primary N) is 1. The lowest BCUT2D eigenvalue weighted by Crippen LogP contribution is -2.33. The van der Waals surface area contributed by atoms with Gasteiger partial charge in [0, 0.05) is 25.1 Å². The number of aromatic nitrogens is 2. The van der Waals surface area contributed by atoms with Crippen LogP contribution in [0.25, 0.3) is 0 Å². The Morgan fingerprint density at radius 3 is 2.78 bits per heavy atom. The van der Waals surface area contributed by atoms with Crippen molar-refractivity contribution in [2.75, 3.05) is 24.2 Å². The number of nitrogens with one attached hydrogen (secondary N) is 1. The van der Waals surface area contributed by atoms with Crippen molar-refractivity contribution in [2.24, 2.45) is 0 Å². The first-order chi connectivity index (χ1) is 8.50. The maximum absolute atomic E-state index is 5.80. The van der Waals surface area contributed by atoms with Crippen molar-refractivity contribution in [1.82, 2.24) is 9.97 Å². The van der Waals surface area contributed by atoms with Crippen LogP contribution in [0.3, 0.4) is 0 Å². The molecule has 1 aliphatic carbocycles. The van der Waals surface area contributed by atoms with E-state index in [1.807, 2.05) is 6.92 Å². The molecule has 5 heteroatoms. The molecule has 0 spiro atoms. The van der Waals surface area contributed by atoms with Crippen LogP contribution < -0.4 is 11.1 Å². The molecule has 0 unspecified atom stereocenters. The van der Waals surface area contributed by atoms with Crippen LogP contribution >= 0.6 is 0 Å². The minimum atomic E-state index is -0.214. The summed E-state index contributed by atoms with van der Waals surface area (Å²) >= 11 is 0. The Morgan fingerprint density at radius 2 is 2.17 bits per heavy atom. The lowest BCUT2D eigenvalue weighted by Gasteiger charge is -2.25. The highest BCUT2D eigenvalue weighted by Crippen LogP contribution is 2.38. The topological polar surface area (TPSA) is 73.1 Å². The third kappa shape index (κ3) is 3.57. The molecule has 0 saturated heterocycles. The molecule has 0 radical (unpaired) electrons. The van der Waals surface area contributed by atoms with Gasteiger partial charge in [-0.15, -0.1) is 0 Å². The number of hydrogen-bond donors (Lipinski definition) is 2. The molecule has 0 aromatic carbocycles. The van der Waals surface area contributed by atoms with Gasteiger partial charge in [-0.25, -0.2) is 9.97 Å².